The highest BCUT2D eigenvalue weighted by Crippen LogP contribution is 2.28. The van der Waals surface area contributed by atoms with Gasteiger partial charge < -0.3 is 9.80 Å². The van der Waals surface area contributed by atoms with Crippen LogP contribution in [0.2, 0.25) is 0 Å². The lowest BCUT2D eigenvalue weighted by molar-refractivity contribution is 0.0758. The fraction of sp³-hybridized carbons (Fsp3) is 0.429. The third-order valence-corrected chi connectivity index (χ3v) is 5.34. The Morgan fingerprint density at radius 3 is 2.95 bits per heavy atom. The summed E-state index contributed by atoms with van der Waals surface area (Å²) in [4.78, 5) is 22.3. The van der Waals surface area contributed by atoms with Crippen molar-refractivity contribution in [2.45, 2.75) is 6.42 Å². The maximum atomic E-state index is 12.5. The van der Waals surface area contributed by atoms with Crippen molar-refractivity contribution in [1.82, 2.24) is 14.8 Å². The van der Waals surface area contributed by atoms with Gasteiger partial charge in [0.05, 0.1) is 4.88 Å². The van der Waals surface area contributed by atoms with Crippen molar-refractivity contribution < 1.29 is 4.79 Å². The number of rotatable bonds is 2. The second-order valence-corrected chi connectivity index (χ2v) is 6.77. The molecule has 20 heavy (non-hydrogen) atoms. The first-order valence-electron chi connectivity index (χ1n) is 6.71. The summed E-state index contributed by atoms with van der Waals surface area (Å²) in [6.07, 6.45) is 1.03. The van der Waals surface area contributed by atoms with Gasteiger partial charge in [-0.1, -0.05) is 6.07 Å². The van der Waals surface area contributed by atoms with Gasteiger partial charge in [0.1, 0.15) is 10.7 Å². The van der Waals surface area contributed by atoms with Crippen LogP contribution in [0.1, 0.15) is 16.9 Å². The van der Waals surface area contributed by atoms with E-state index in [2.05, 4.69) is 16.9 Å². The molecule has 1 fully saturated rings. The van der Waals surface area contributed by atoms with Gasteiger partial charge in [-0.15, -0.1) is 22.7 Å². The second kappa shape index (κ2) is 6.03. The van der Waals surface area contributed by atoms with Crippen LogP contribution in [0, 0.1) is 0 Å². The molecule has 1 aliphatic rings. The lowest BCUT2D eigenvalue weighted by Crippen LogP contribution is -2.34. The minimum absolute atomic E-state index is 0.0688. The topological polar surface area (TPSA) is 36.4 Å². The molecule has 2 aromatic heterocycles. The van der Waals surface area contributed by atoms with Crippen LogP contribution in [-0.4, -0.2) is 53.9 Å². The van der Waals surface area contributed by atoms with Gasteiger partial charge in [-0.3, -0.25) is 4.79 Å². The van der Waals surface area contributed by atoms with Crippen LogP contribution < -0.4 is 0 Å². The zero-order chi connectivity index (χ0) is 13.9. The van der Waals surface area contributed by atoms with Crippen molar-refractivity contribution in [2.24, 2.45) is 0 Å². The summed E-state index contributed by atoms with van der Waals surface area (Å²) in [5.41, 5.74) is 0.586. The van der Waals surface area contributed by atoms with E-state index in [0.717, 1.165) is 42.5 Å². The van der Waals surface area contributed by atoms with E-state index in [1.54, 1.807) is 22.7 Å². The van der Waals surface area contributed by atoms with Gasteiger partial charge >= 0.3 is 0 Å². The highest BCUT2D eigenvalue weighted by atomic mass is 32.1. The van der Waals surface area contributed by atoms with Gasteiger partial charge in [0.25, 0.3) is 5.91 Å². The van der Waals surface area contributed by atoms with Gasteiger partial charge in [0, 0.05) is 25.0 Å². The van der Waals surface area contributed by atoms with Crippen LogP contribution >= 0.6 is 22.7 Å². The van der Waals surface area contributed by atoms with E-state index in [4.69, 9.17) is 0 Å². The molecule has 4 nitrogen and oxygen atoms in total. The van der Waals surface area contributed by atoms with Gasteiger partial charge in [-0.25, -0.2) is 4.98 Å². The molecule has 0 atom stereocenters. The van der Waals surface area contributed by atoms with Gasteiger partial charge in [-0.2, -0.15) is 0 Å². The molecule has 6 heteroatoms. The smallest absolute Gasteiger partial charge is 0.273 e. The van der Waals surface area contributed by atoms with E-state index in [0.29, 0.717) is 5.69 Å². The van der Waals surface area contributed by atoms with Crippen molar-refractivity contribution in [3.05, 3.63) is 28.6 Å². The molecule has 1 aliphatic heterocycles. The molecule has 3 heterocycles. The Morgan fingerprint density at radius 1 is 1.25 bits per heavy atom. The van der Waals surface area contributed by atoms with Gasteiger partial charge in [-0.05, 0) is 31.5 Å². The number of thiophene rings is 1. The third-order valence-electron chi connectivity index (χ3n) is 3.46. The fourth-order valence-electron chi connectivity index (χ4n) is 2.30. The summed E-state index contributed by atoms with van der Waals surface area (Å²) >= 11 is 3.20. The number of likely N-dealkylation sites (N-methyl/N-ethyl adjacent to an activating group) is 1. The van der Waals surface area contributed by atoms with Crippen LogP contribution in [-0.2, 0) is 0 Å². The largest absolute Gasteiger partial charge is 0.336 e. The molecule has 0 radical (unpaired) electrons. The summed E-state index contributed by atoms with van der Waals surface area (Å²) in [6.45, 7) is 3.62. The number of amides is 1. The maximum absolute atomic E-state index is 12.5. The maximum Gasteiger partial charge on any atom is 0.273 e. The van der Waals surface area contributed by atoms with Gasteiger partial charge in [0.2, 0.25) is 0 Å². The van der Waals surface area contributed by atoms with Gasteiger partial charge in [0.15, 0.2) is 0 Å². The summed E-state index contributed by atoms with van der Waals surface area (Å²) in [6, 6.07) is 4.05. The molecule has 0 spiro atoms. The molecule has 0 aromatic carbocycles. The number of carbonyl (C=O) groups excluding carboxylic acids is 1. The molecule has 1 amide bonds. The molecular weight excluding hydrogens is 290 g/mol. The molecular formula is C14H17N3OS2. The van der Waals surface area contributed by atoms with Crippen molar-refractivity contribution in [3.63, 3.8) is 0 Å². The lowest BCUT2D eigenvalue weighted by Gasteiger charge is -2.19. The zero-order valence-corrected chi connectivity index (χ0v) is 13.0. The third kappa shape index (κ3) is 2.92. The normalized spacial score (nSPS) is 17.1. The van der Waals surface area contributed by atoms with E-state index in [9.17, 15) is 4.79 Å². The monoisotopic (exact) mass is 307 g/mol. The highest BCUT2D eigenvalue weighted by molar-refractivity contribution is 7.20. The Kier molecular flexibility index (Phi) is 4.14. The van der Waals surface area contributed by atoms with E-state index in [1.165, 1.54) is 0 Å². The molecule has 0 N–H and O–H groups in total. The van der Waals surface area contributed by atoms with Crippen LogP contribution in [0.4, 0.5) is 0 Å². The zero-order valence-electron chi connectivity index (χ0n) is 11.4. The molecule has 0 aliphatic carbocycles. The molecule has 106 valence electrons. The number of thiazole rings is 1. The Morgan fingerprint density at radius 2 is 2.15 bits per heavy atom. The molecule has 0 saturated carbocycles. The van der Waals surface area contributed by atoms with E-state index < -0.39 is 0 Å². The number of nitrogens with zero attached hydrogens (tertiary/aromatic N) is 3. The quantitative estimate of drug-likeness (QED) is 0.856. The Hall–Kier alpha value is -1.24. The van der Waals surface area contributed by atoms with Crippen LogP contribution in [0.25, 0.3) is 9.88 Å². The summed E-state index contributed by atoms with van der Waals surface area (Å²) < 4.78 is 0. The molecule has 0 bridgehead atoms. The standard InChI is InChI=1S/C14H17N3OS2/c1-16-5-3-6-17(8-7-16)14(18)11-10-20-13(15-11)12-4-2-9-19-12/h2,4,9-10H,3,5-8H2,1H3. The van der Waals surface area contributed by atoms with Crippen molar-refractivity contribution in [1.29, 1.82) is 0 Å². The summed E-state index contributed by atoms with van der Waals surface area (Å²) in [7, 11) is 2.10. The first-order chi connectivity index (χ1) is 9.74. The Labute approximate surface area is 126 Å². The minimum Gasteiger partial charge on any atom is -0.336 e. The van der Waals surface area contributed by atoms with E-state index >= 15 is 0 Å². The number of carbonyl (C=O) groups is 1. The average molecular weight is 307 g/mol. The van der Waals surface area contributed by atoms with E-state index in [-0.39, 0.29) is 5.91 Å². The average Bonchev–Trinajstić information content (AvgIpc) is 3.08. The number of aromatic nitrogens is 1. The number of hydrogen-bond donors (Lipinski definition) is 0. The molecule has 3 rings (SSSR count). The molecule has 2 aromatic rings. The predicted octanol–water partition coefficient (Wildman–Crippen LogP) is 2.65. The predicted molar refractivity (Wildman–Crippen MR) is 83.4 cm³/mol. The first-order valence-corrected chi connectivity index (χ1v) is 8.47. The summed E-state index contributed by atoms with van der Waals surface area (Å²) in [5, 5.41) is 4.85. The highest BCUT2D eigenvalue weighted by Gasteiger charge is 2.21. The molecule has 1 saturated heterocycles. The summed E-state index contributed by atoms with van der Waals surface area (Å²) in [5.74, 6) is 0.0688. The van der Waals surface area contributed by atoms with Crippen molar-refractivity contribution in [2.75, 3.05) is 33.2 Å². The van der Waals surface area contributed by atoms with Crippen LogP contribution in [0.15, 0.2) is 22.9 Å². The molecule has 0 unspecified atom stereocenters. The Balaban J connectivity index is 1.74. The Bertz CT molecular complexity index is 579. The van der Waals surface area contributed by atoms with Crippen LogP contribution in [0.3, 0.4) is 0 Å². The lowest BCUT2D eigenvalue weighted by atomic mass is 10.3. The van der Waals surface area contributed by atoms with E-state index in [1.807, 2.05) is 27.8 Å². The van der Waals surface area contributed by atoms with Crippen LogP contribution in [0.5, 0.6) is 0 Å². The van der Waals surface area contributed by atoms with Crippen molar-refractivity contribution in [3.8, 4) is 9.88 Å². The number of hydrogen-bond acceptors (Lipinski definition) is 5. The SMILES string of the molecule is CN1CCCN(C(=O)c2csc(-c3cccs3)n2)CC1. The van der Waals surface area contributed by atoms with Crippen molar-refractivity contribution >= 4 is 28.6 Å². The fourth-order valence-corrected chi connectivity index (χ4v) is 3.91. The second-order valence-electron chi connectivity index (χ2n) is 4.96. The first kappa shape index (κ1) is 13.7. The minimum atomic E-state index is 0.0688.